The Morgan fingerprint density at radius 2 is 1.68 bits per heavy atom. The Balaban J connectivity index is 1.44. The Morgan fingerprint density at radius 1 is 1.03 bits per heavy atom. The molecule has 3 amide bonds. The van der Waals surface area contributed by atoms with Gasteiger partial charge in [0.1, 0.15) is 4.33 Å². The van der Waals surface area contributed by atoms with Gasteiger partial charge in [0, 0.05) is 35.1 Å². The third kappa shape index (κ3) is 5.58. The highest BCUT2D eigenvalue weighted by molar-refractivity contribution is 6.53. The van der Waals surface area contributed by atoms with Crippen molar-refractivity contribution in [3.8, 4) is 0 Å². The second kappa shape index (κ2) is 9.75. The topological polar surface area (TPSA) is 78.5 Å². The van der Waals surface area contributed by atoms with E-state index in [0.29, 0.717) is 33.6 Å². The molecule has 0 aliphatic heterocycles. The van der Waals surface area contributed by atoms with Gasteiger partial charge in [0.25, 0.3) is 5.91 Å². The Bertz CT molecular complexity index is 1150. The minimum absolute atomic E-state index is 0.0996. The maximum atomic E-state index is 13.0. The first kappa shape index (κ1) is 25.4. The second-order valence-electron chi connectivity index (χ2n) is 8.56. The van der Waals surface area contributed by atoms with Gasteiger partial charge in [-0.15, -0.1) is 23.2 Å². The number of halogens is 5. The molecule has 2 unspecified atom stereocenters. The van der Waals surface area contributed by atoms with Crippen molar-refractivity contribution in [2.45, 2.75) is 29.5 Å². The molecule has 34 heavy (non-hydrogen) atoms. The van der Waals surface area contributed by atoms with Crippen molar-refractivity contribution in [2.75, 3.05) is 12.4 Å². The first-order chi connectivity index (χ1) is 16.0. The van der Waals surface area contributed by atoms with Crippen LogP contribution in [0.2, 0.25) is 15.1 Å². The van der Waals surface area contributed by atoms with E-state index >= 15 is 0 Å². The fourth-order valence-electron chi connectivity index (χ4n) is 3.80. The van der Waals surface area contributed by atoms with Crippen molar-refractivity contribution in [2.24, 2.45) is 11.8 Å². The zero-order valence-corrected chi connectivity index (χ0v) is 21.7. The summed E-state index contributed by atoms with van der Waals surface area (Å²) >= 11 is 31.1. The number of nitrogens with zero attached hydrogens (tertiary/aromatic N) is 1. The molecule has 2 aromatic rings. The van der Waals surface area contributed by atoms with Crippen molar-refractivity contribution in [3.05, 3.63) is 62.6 Å². The van der Waals surface area contributed by atoms with Crippen LogP contribution in [0, 0.1) is 11.8 Å². The molecule has 6 nitrogen and oxygen atoms in total. The van der Waals surface area contributed by atoms with Crippen LogP contribution in [0.1, 0.15) is 41.1 Å². The van der Waals surface area contributed by atoms with Gasteiger partial charge in [-0.05, 0) is 60.7 Å². The Hall–Kier alpha value is -1.70. The van der Waals surface area contributed by atoms with E-state index in [9.17, 15) is 14.4 Å². The molecule has 2 saturated carbocycles. The van der Waals surface area contributed by atoms with E-state index in [1.54, 1.807) is 24.3 Å². The number of nitrogens with one attached hydrogen (secondary N) is 2. The molecule has 2 N–H and O–H groups in total. The van der Waals surface area contributed by atoms with Gasteiger partial charge in [-0.25, -0.2) is 0 Å². The standard InChI is InChI=1S/C23H20Cl5N3O3/c1-31(18(32)6-11-2-3-11)30-21(33)16-10-15(4-5-17(16)26)29-22(34)20-19(23(20,27)28)12-7-13(24)9-14(25)8-12/h4-5,7-11,19-20H,2-3,6H2,1H3,(H,29,34)(H,30,33). The van der Waals surface area contributed by atoms with E-state index in [-0.39, 0.29) is 16.5 Å². The Labute approximate surface area is 221 Å². The molecule has 11 heteroatoms. The molecule has 2 aliphatic rings. The van der Waals surface area contributed by atoms with Crippen LogP contribution in [0.15, 0.2) is 36.4 Å². The van der Waals surface area contributed by atoms with Gasteiger partial charge < -0.3 is 5.32 Å². The van der Waals surface area contributed by atoms with Crippen LogP contribution in [0.4, 0.5) is 5.69 Å². The van der Waals surface area contributed by atoms with Gasteiger partial charge in [0.2, 0.25) is 11.8 Å². The minimum Gasteiger partial charge on any atom is -0.326 e. The summed E-state index contributed by atoms with van der Waals surface area (Å²) < 4.78 is -1.34. The number of benzene rings is 2. The number of rotatable bonds is 6. The van der Waals surface area contributed by atoms with Crippen LogP contribution in [0.3, 0.4) is 0 Å². The van der Waals surface area contributed by atoms with Crippen molar-refractivity contribution in [1.29, 1.82) is 0 Å². The van der Waals surface area contributed by atoms with Crippen LogP contribution in [-0.2, 0) is 9.59 Å². The molecular weight excluding hydrogens is 544 g/mol. The number of hydrogen-bond donors (Lipinski definition) is 2. The van der Waals surface area contributed by atoms with Crippen molar-refractivity contribution >= 4 is 81.4 Å². The molecular formula is C23H20Cl5N3O3. The zero-order chi connectivity index (χ0) is 24.8. The van der Waals surface area contributed by atoms with Crippen LogP contribution in [0.5, 0.6) is 0 Å². The first-order valence-corrected chi connectivity index (χ1v) is 12.4. The minimum atomic E-state index is -1.34. The molecule has 0 radical (unpaired) electrons. The lowest BCUT2D eigenvalue weighted by atomic mass is 10.1. The van der Waals surface area contributed by atoms with Gasteiger partial charge >= 0.3 is 0 Å². The maximum absolute atomic E-state index is 13.0. The molecule has 180 valence electrons. The number of amides is 3. The fourth-order valence-corrected chi connectivity index (χ4v) is 5.37. The summed E-state index contributed by atoms with van der Waals surface area (Å²) in [5.41, 5.74) is 3.59. The van der Waals surface area contributed by atoms with Crippen LogP contribution < -0.4 is 10.7 Å². The molecule has 0 spiro atoms. The number of hydrogen-bond acceptors (Lipinski definition) is 3. The zero-order valence-electron chi connectivity index (χ0n) is 17.9. The van der Waals surface area contributed by atoms with E-state index in [4.69, 9.17) is 58.0 Å². The largest absolute Gasteiger partial charge is 0.326 e. The predicted octanol–water partition coefficient (Wildman–Crippen LogP) is 6.08. The summed E-state index contributed by atoms with van der Waals surface area (Å²) in [5, 5.41) is 4.87. The Kier molecular flexibility index (Phi) is 7.28. The monoisotopic (exact) mass is 561 g/mol. The lowest BCUT2D eigenvalue weighted by molar-refractivity contribution is -0.132. The van der Waals surface area contributed by atoms with E-state index in [1.165, 1.54) is 19.2 Å². The quantitative estimate of drug-likeness (QED) is 0.331. The molecule has 0 saturated heterocycles. The molecule has 2 fully saturated rings. The van der Waals surface area contributed by atoms with Gasteiger partial charge in [-0.3, -0.25) is 24.8 Å². The van der Waals surface area contributed by atoms with E-state index < -0.39 is 28.0 Å². The van der Waals surface area contributed by atoms with Crippen molar-refractivity contribution < 1.29 is 14.4 Å². The normalized spacial score (nSPS) is 20.4. The summed E-state index contributed by atoms with van der Waals surface area (Å²) in [4.78, 5) is 37.8. The maximum Gasteiger partial charge on any atom is 0.271 e. The Morgan fingerprint density at radius 3 is 2.29 bits per heavy atom. The lowest BCUT2D eigenvalue weighted by Gasteiger charge is -2.19. The SMILES string of the molecule is CN(NC(=O)c1cc(NC(=O)C2C(c3cc(Cl)cc(Cl)c3)C2(Cl)Cl)ccc1Cl)C(=O)CC1CC1. The lowest BCUT2D eigenvalue weighted by Crippen LogP contribution is -2.43. The predicted molar refractivity (Wildman–Crippen MR) is 135 cm³/mol. The number of hydrazine groups is 1. The summed E-state index contributed by atoms with van der Waals surface area (Å²) in [6.45, 7) is 0. The number of carbonyl (C=O) groups is 3. The summed E-state index contributed by atoms with van der Waals surface area (Å²) in [6.07, 6.45) is 2.44. The summed E-state index contributed by atoms with van der Waals surface area (Å²) in [6, 6.07) is 9.36. The summed E-state index contributed by atoms with van der Waals surface area (Å²) in [5.74, 6) is -2.07. The second-order valence-corrected chi connectivity index (χ2v) is 11.3. The molecule has 0 heterocycles. The molecule has 0 aromatic heterocycles. The van der Waals surface area contributed by atoms with Crippen LogP contribution in [0.25, 0.3) is 0 Å². The van der Waals surface area contributed by atoms with Gasteiger partial charge in [-0.2, -0.15) is 0 Å². The number of carbonyl (C=O) groups excluding carboxylic acids is 3. The first-order valence-electron chi connectivity index (χ1n) is 10.5. The third-order valence-corrected chi connectivity index (χ3v) is 7.57. The highest BCUT2D eigenvalue weighted by atomic mass is 35.5. The molecule has 4 rings (SSSR count). The van der Waals surface area contributed by atoms with E-state index in [0.717, 1.165) is 17.9 Å². The highest BCUT2D eigenvalue weighted by Crippen LogP contribution is 2.65. The molecule has 2 atom stereocenters. The van der Waals surface area contributed by atoms with Gasteiger partial charge in [-0.1, -0.05) is 34.8 Å². The van der Waals surface area contributed by atoms with Gasteiger partial charge in [0.15, 0.2) is 0 Å². The average molecular weight is 564 g/mol. The van der Waals surface area contributed by atoms with E-state index in [2.05, 4.69) is 10.7 Å². The summed E-state index contributed by atoms with van der Waals surface area (Å²) in [7, 11) is 1.48. The van der Waals surface area contributed by atoms with Crippen LogP contribution >= 0.6 is 58.0 Å². The number of anilines is 1. The molecule has 2 aromatic carbocycles. The van der Waals surface area contributed by atoms with Crippen molar-refractivity contribution in [1.82, 2.24) is 10.4 Å². The van der Waals surface area contributed by atoms with Crippen LogP contribution in [-0.4, -0.2) is 34.1 Å². The fraction of sp³-hybridized carbons (Fsp3) is 0.348. The van der Waals surface area contributed by atoms with Crippen molar-refractivity contribution in [3.63, 3.8) is 0 Å². The highest BCUT2D eigenvalue weighted by Gasteiger charge is 2.67. The van der Waals surface area contributed by atoms with Gasteiger partial charge in [0.05, 0.1) is 16.5 Å². The molecule has 2 aliphatic carbocycles. The average Bonchev–Trinajstić information content (AvgIpc) is 3.64. The number of alkyl halides is 2. The smallest absolute Gasteiger partial charge is 0.271 e. The molecule has 0 bridgehead atoms. The third-order valence-electron chi connectivity index (χ3n) is 5.86. The van der Waals surface area contributed by atoms with E-state index in [1.807, 2.05) is 0 Å².